The van der Waals surface area contributed by atoms with E-state index < -0.39 is 0 Å². The molecular formula is C22H27N3O2. The molecule has 0 unspecified atom stereocenters. The van der Waals surface area contributed by atoms with E-state index in [0.717, 1.165) is 23.2 Å². The number of carbonyl (C=O) groups is 2. The third-order valence-corrected chi connectivity index (χ3v) is 5.98. The molecule has 5 heteroatoms. The fourth-order valence-corrected chi connectivity index (χ4v) is 4.29. The molecule has 2 amide bonds. The number of carbonyl (C=O) groups excluding carboxylic acids is 2. The lowest BCUT2D eigenvalue weighted by molar-refractivity contribution is -0.133. The number of hydrogen-bond donors (Lipinski definition) is 0. The first-order valence-corrected chi connectivity index (χ1v) is 10.1. The molecule has 1 aliphatic heterocycles. The highest BCUT2D eigenvalue weighted by molar-refractivity contribution is 5.95. The molecule has 4 rings (SSSR count). The SMILES string of the molecule is O=C(CCC1CCCC1)N1CCN(C(=O)c2ccc3ccccc3n2)CC1. The number of benzene rings is 1. The Labute approximate surface area is 160 Å². The van der Waals surface area contributed by atoms with Crippen LogP contribution in [0.4, 0.5) is 0 Å². The number of piperazine rings is 1. The number of aromatic nitrogens is 1. The molecule has 142 valence electrons. The summed E-state index contributed by atoms with van der Waals surface area (Å²) >= 11 is 0. The minimum atomic E-state index is -0.0428. The van der Waals surface area contributed by atoms with Crippen molar-refractivity contribution in [2.75, 3.05) is 26.2 Å². The van der Waals surface area contributed by atoms with E-state index in [4.69, 9.17) is 0 Å². The number of fused-ring (bicyclic) bond motifs is 1. The predicted molar refractivity (Wildman–Crippen MR) is 105 cm³/mol. The Balaban J connectivity index is 1.31. The highest BCUT2D eigenvalue weighted by Gasteiger charge is 2.26. The molecular weight excluding hydrogens is 338 g/mol. The largest absolute Gasteiger partial charge is 0.339 e. The summed E-state index contributed by atoms with van der Waals surface area (Å²) < 4.78 is 0. The monoisotopic (exact) mass is 365 g/mol. The van der Waals surface area contributed by atoms with Gasteiger partial charge >= 0.3 is 0 Å². The molecule has 1 saturated heterocycles. The third-order valence-electron chi connectivity index (χ3n) is 5.98. The zero-order valence-corrected chi connectivity index (χ0v) is 15.8. The van der Waals surface area contributed by atoms with E-state index in [-0.39, 0.29) is 11.8 Å². The summed E-state index contributed by atoms with van der Waals surface area (Å²) in [5, 5.41) is 1.03. The predicted octanol–water partition coefficient (Wildman–Crippen LogP) is 3.49. The van der Waals surface area contributed by atoms with E-state index in [0.29, 0.717) is 38.3 Å². The fourth-order valence-electron chi connectivity index (χ4n) is 4.29. The molecule has 0 atom stereocenters. The summed E-state index contributed by atoms with van der Waals surface area (Å²) in [5.74, 6) is 0.951. The Morgan fingerprint density at radius 3 is 2.41 bits per heavy atom. The average Bonchev–Trinajstić information content (AvgIpc) is 3.25. The van der Waals surface area contributed by atoms with Gasteiger partial charge in [0, 0.05) is 38.0 Å². The molecule has 27 heavy (non-hydrogen) atoms. The van der Waals surface area contributed by atoms with Crippen molar-refractivity contribution in [2.45, 2.75) is 38.5 Å². The average molecular weight is 365 g/mol. The lowest BCUT2D eigenvalue weighted by Gasteiger charge is -2.34. The first-order valence-electron chi connectivity index (χ1n) is 10.1. The Morgan fingerprint density at radius 1 is 0.926 bits per heavy atom. The van der Waals surface area contributed by atoms with Gasteiger partial charge in [0.05, 0.1) is 5.52 Å². The molecule has 1 saturated carbocycles. The van der Waals surface area contributed by atoms with E-state index in [1.807, 2.05) is 40.1 Å². The quantitative estimate of drug-likeness (QED) is 0.833. The van der Waals surface area contributed by atoms with Gasteiger partial charge in [-0.3, -0.25) is 9.59 Å². The van der Waals surface area contributed by atoms with Gasteiger partial charge in [-0.2, -0.15) is 0 Å². The van der Waals surface area contributed by atoms with Crippen molar-refractivity contribution in [3.05, 3.63) is 42.1 Å². The molecule has 1 aliphatic carbocycles. The fraction of sp³-hybridized carbons (Fsp3) is 0.500. The molecule has 2 fully saturated rings. The topological polar surface area (TPSA) is 53.5 Å². The van der Waals surface area contributed by atoms with E-state index in [1.54, 1.807) is 6.07 Å². The summed E-state index contributed by atoms with van der Waals surface area (Å²) in [7, 11) is 0. The molecule has 2 aromatic rings. The molecule has 1 aromatic heterocycles. The maximum atomic E-state index is 12.8. The van der Waals surface area contributed by atoms with Crippen LogP contribution in [-0.4, -0.2) is 52.8 Å². The van der Waals surface area contributed by atoms with Crippen molar-refractivity contribution >= 4 is 22.7 Å². The van der Waals surface area contributed by atoms with Crippen molar-refractivity contribution in [3.8, 4) is 0 Å². The highest BCUT2D eigenvalue weighted by atomic mass is 16.2. The van der Waals surface area contributed by atoms with Gasteiger partial charge in [0.1, 0.15) is 5.69 Å². The lowest BCUT2D eigenvalue weighted by atomic mass is 10.0. The lowest BCUT2D eigenvalue weighted by Crippen LogP contribution is -2.50. The van der Waals surface area contributed by atoms with Crippen LogP contribution in [0.2, 0.25) is 0 Å². The molecule has 0 bridgehead atoms. The standard InChI is InChI=1S/C22H27N3O2/c26-21(12-9-17-5-1-2-6-17)24-13-15-25(16-14-24)22(27)20-11-10-18-7-3-4-8-19(18)23-20/h3-4,7-8,10-11,17H,1-2,5-6,9,12-16H2. The Kier molecular flexibility index (Phi) is 5.37. The Morgan fingerprint density at radius 2 is 1.63 bits per heavy atom. The first-order chi connectivity index (χ1) is 13.2. The van der Waals surface area contributed by atoms with Crippen molar-refractivity contribution in [1.29, 1.82) is 0 Å². The maximum absolute atomic E-state index is 12.8. The summed E-state index contributed by atoms with van der Waals surface area (Å²) in [5.41, 5.74) is 1.32. The van der Waals surface area contributed by atoms with Crippen molar-refractivity contribution < 1.29 is 9.59 Å². The number of nitrogens with zero attached hydrogens (tertiary/aromatic N) is 3. The molecule has 0 N–H and O–H groups in total. The second-order valence-electron chi connectivity index (χ2n) is 7.75. The van der Waals surface area contributed by atoms with Crippen LogP contribution >= 0.6 is 0 Å². The second-order valence-corrected chi connectivity index (χ2v) is 7.75. The highest BCUT2D eigenvalue weighted by Crippen LogP contribution is 2.28. The van der Waals surface area contributed by atoms with Gasteiger partial charge in [-0.15, -0.1) is 0 Å². The summed E-state index contributed by atoms with van der Waals surface area (Å²) in [6.07, 6.45) is 6.90. The summed E-state index contributed by atoms with van der Waals surface area (Å²) in [6.45, 7) is 2.43. The second kappa shape index (κ2) is 8.07. The van der Waals surface area contributed by atoms with Gasteiger partial charge in [0.15, 0.2) is 0 Å². The summed E-state index contributed by atoms with van der Waals surface area (Å²) in [6, 6.07) is 11.6. The molecule has 1 aromatic carbocycles. The molecule has 2 heterocycles. The van der Waals surface area contributed by atoms with Crippen LogP contribution in [0.5, 0.6) is 0 Å². The van der Waals surface area contributed by atoms with Gasteiger partial charge in [0.2, 0.25) is 5.91 Å². The Hall–Kier alpha value is -2.43. The van der Waals surface area contributed by atoms with Gasteiger partial charge in [-0.05, 0) is 24.5 Å². The van der Waals surface area contributed by atoms with Crippen LogP contribution in [-0.2, 0) is 4.79 Å². The maximum Gasteiger partial charge on any atom is 0.272 e. The first kappa shape index (κ1) is 18.0. The van der Waals surface area contributed by atoms with Crippen LogP contribution in [0.25, 0.3) is 10.9 Å². The number of hydrogen-bond acceptors (Lipinski definition) is 3. The number of pyridine rings is 1. The van der Waals surface area contributed by atoms with Gasteiger partial charge in [0.25, 0.3) is 5.91 Å². The zero-order chi connectivity index (χ0) is 18.6. The molecule has 5 nitrogen and oxygen atoms in total. The van der Waals surface area contributed by atoms with Crippen molar-refractivity contribution in [3.63, 3.8) is 0 Å². The minimum absolute atomic E-state index is 0.0428. The summed E-state index contributed by atoms with van der Waals surface area (Å²) in [4.78, 5) is 33.5. The number of amides is 2. The normalized spacial score (nSPS) is 18.2. The van der Waals surface area contributed by atoms with Crippen molar-refractivity contribution in [1.82, 2.24) is 14.8 Å². The van der Waals surface area contributed by atoms with E-state index in [1.165, 1.54) is 25.7 Å². The van der Waals surface area contributed by atoms with Gasteiger partial charge in [-0.25, -0.2) is 4.98 Å². The van der Waals surface area contributed by atoms with Crippen LogP contribution in [0.15, 0.2) is 36.4 Å². The molecule has 0 radical (unpaired) electrons. The van der Waals surface area contributed by atoms with Crippen LogP contribution in [0, 0.1) is 5.92 Å². The van der Waals surface area contributed by atoms with Crippen LogP contribution in [0.1, 0.15) is 49.0 Å². The van der Waals surface area contributed by atoms with Gasteiger partial charge in [-0.1, -0.05) is 49.9 Å². The van der Waals surface area contributed by atoms with E-state index in [9.17, 15) is 9.59 Å². The van der Waals surface area contributed by atoms with E-state index in [2.05, 4.69) is 4.98 Å². The zero-order valence-electron chi connectivity index (χ0n) is 15.8. The number of rotatable bonds is 4. The Bertz CT molecular complexity index is 821. The number of para-hydroxylation sites is 1. The van der Waals surface area contributed by atoms with Gasteiger partial charge < -0.3 is 9.80 Å². The van der Waals surface area contributed by atoms with E-state index >= 15 is 0 Å². The van der Waals surface area contributed by atoms with Crippen LogP contribution in [0.3, 0.4) is 0 Å². The minimum Gasteiger partial charge on any atom is -0.339 e. The smallest absolute Gasteiger partial charge is 0.272 e. The van der Waals surface area contributed by atoms with Crippen molar-refractivity contribution in [2.24, 2.45) is 5.92 Å². The van der Waals surface area contributed by atoms with Crippen LogP contribution < -0.4 is 0 Å². The molecule has 0 spiro atoms. The molecule has 2 aliphatic rings. The third kappa shape index (κ3) is 4.12.